The summed E-state index contributed by atoms with van der Waals surface area (Å²) in [6.07, 6.45) is 2.23. The Kier molecular flexibility index (Phi) is 3.59. The maximum Gasteiger partial charge on any atom is 0.224 e. The molecule has 2 nitrogen and oxygen atoms in total. The first-order valence-electron chi connectivity index (χ1n) is 11.3. The molecule has 154 valence electrons. The molecule has 0 spiro atoms. The predicted octanol–water partition coefficient (Wildman–Crippen LogP) is 7.17. The van der Waals surface area contributed by atoms with Crippen LogP contribution in [-0.2, 0) is 7.05 Å². The third-order valence-electron chi connectivity index (χ3n) is 7.41. The van der Waals surface area contributed by atoms with Crippen LogP contribution in [0.2, 0.25) is 0 Å². The molecule has 0 aliphatic carbocycles. The van der Waals surface area contributed by atoms with Crippen molar-refractivity contribution in [3.05, 3.63) is 70.4 Å². The zero-order valence-electron chi connectivity index (χ0n) is 19.5. The highest BCUT2D eigenvalue weighted by Crippen LogP contribution is 2.45. The number of pyridine rings is 2. The molecule has 0 aliphatic heterocycles. The molecule has 6 aromatic rings. The number of aryl methyl sites for hydroxylation is 5. The summed E-state index contributed by atoms with van der Waals surface area (Å²) >= 11 is 0. The number of hydrogen-bond acceptors (Lipinski definition) is 0. The summed E-state index contributed by atoms with van der Waals surface area (Å²) in [5.74, 6) is 0.462. The molecule has 6 rings (SSSR count). The van der Waals surface area contributed by atoms with Crippen molar-refractivity contribution in [1.82, 2.24) is 4.40 Å². The molecule has 0 amide bonds. The second-order valence-corrected chi connectivity index (χ2v) is 9.80. The van der Waals surface area contributed by atoms with Gasteiger partial charge in [0.2, 0.25) is 5.52 Å². The Morgan fingerprint density at radius 2 is 1.58 bits per heavy atom. The van der Waals surface area contributed by atoms with Gasteiger partial charge in [0.15, 0.2) is 6.20 Å². The molecule has 3 aromatic heterocycles. The number of nitrogens with zero attached hydrogens (tertiary/aromatic N) is 2. The first kappa shape index (κ1) is 18.6. The lowest BCUT2D eigenvalue weighted by Gasteiger charge is -2.17. The fourth-order valence-electron chi connectivity index (χ4n) is 5.85. The molecule has 0 atom stereocenters. The first-order chi connectivity index (χ1) is 14.8. The minimum Gasteiger partial charge on any atom is -0.307 e. The van der Waals surface area contributed by atoms with Crippen molar-refractivity contribution in [2.24, 2.45) is 7.05 Å². The van der Waals surface area contributed by atoms with E-state index < -0.39 is 0 Å². The van der Waals surface area contributed by atoms with Crippen LogP contribution >= 0.6 is 0 Å². The molecule has 0 unspecified atom stereocenters. The van der Waals surface area contributed by atoms with Crippen LogP contribution in [0.15, 0.2) is 42.6 Å². The van der Waals surface area contributed by atoms with E-state index in [1.54, 1.807) is 0 Å². The van der Waals surface area contributed by atoms with E-state index >= 15 is 0 Å². The van der Waals surface area contributed by atoms with Crippen molar-refractivity contribution in [2.45, 2.75) is 47.5 Å². The van der Waals surface area contributed by atoms with Gasteiger partial charge in [-0.05, 0) is 79.5 Å². The largest absolute Gasteiger partial charge is 0.307 e. The van der Waals surface area contributed by atoms with Crippen LogP contribution in [0.4, 0.5) is 0 Å². The molecular weight excluding hydrogens is 376 g/mol. The second kappa shape index (κ2) is 5.97. The van der Waals surface area contributed by atoms with Crippen LogP contribution in [0.5, 0.6) is 0 Å². The minimum atomic E-state index is 0.462. The number of fused-ring (bicyclic) bond motifs is 6. The molecule has 31 heavy (non-hydrogen) atoms. The lowest BCUT2D eigenvalue weighted by Crippen LogP contribution is -2.29. The minimum absolute atomic E-state index is 0.462. The van der Waals surface area contributed by atoms with E-state index in [4.69, 9.17) is 0 Å². The Morgan fingerprint density at radius 1 is 0.806 bits per heavy atom. The van der Waals surface area contributed by atoms with Gasteiger partial charge in [0, 0.05) is 16.8 Å². The van der Waals surface area contributed by atoms with Crippen molar-refractivity contribution in [1.29, 1.82) is 0 Å². The summed E-state index contributed by atoms with van der Waals surface area (Å²) in [5.41, 5.74) is 12.2. The fraction of sp³-hybridized carbons (Fsp3) is 0.276. The molecule has 3 aromatic carbocycles. The zero-order valence-corrected chi connectivity index (χ0v) is 19.5. The maximum absolute atomic E-state index is 2.57. The third-order valence-corrected chi connectivity index (χ3v) is 7.41. The Labute approximate surface area is 183 Å². The summed E-state index contributed by atoms with van der Waals surface area (Å²) in [7, 11) is 2.19. The van der Waals surface area contributed by atoms with Gasteiger partial charge in [-0.25, -0.2) is 4.57 Å². The first-order valence-corrected chi connectivity index (χ1v) is 11.3. The van der Waals surface area contributed by atoms with Crippen LogP contribution in [0.3, 0.4) is 0 Å². The van der Waals surface area contributed by atoms with E-state index in [9.17, 15) is 0 Å². The molecule has 0 radical (unpaired) electrons. The average Bonchev–Trinajstić information content (AvgIpc) is 3.05. The van der Waals surface area contributed by atoms with Gasteiger partial charge in [-0.2, -0.15) is 0 Å². The highest BCUT2D eigenvalue weighted by molar-refractivity contribution is 6.28. The maximum atomic E-state index is 2.57. The van der Waals surface area contributed by atoms with Crippen LogP contribution in [-0.4, -0.2) is 4.40 Å². The van der Waals surface area contributed by atoms with Crippen molar-refractivity contribution < 1.29 is 4.57 Å². The predicted molar refractivity (Wildman–Crippen MR) is 133 cm³/mol. The smallest absolute Gasteiger partial charge is 0.224 e. The number of aromatic nitrogens is 2. The van der Waals surface area contributed by atoms with E-state index in [0.29, 0.717) is 5.92 Å². The molecule has 0 saturated heterocycles. The highest BCUT2D eigenvalue weighted by atomic mass is 15.0. The normalized spacial score (nSPS) is 12.6. The van der Waals surface area contributed by atoms with Gasteiger partial charge in [-0.1, -0.05) is 31.5 Å². The monoisotopic (exact) mass is 405 g/mol. The van der Waals surface area contributed by atoms with Gasteiger partial charge >= 0.3 is 0 Å². The van der Waals surface area contributed by atoms with E-state index in [2.05, 4.69) is 100 Å². The molecule has 0 aliphatic rings. The van der Waals surface area contributed by atoms with Crippen LogP contribution in [0.25, 0.3) is 49.0 Å². The SMILES string of the molecule is Cc1ccc2c(c1)c1c(C(C)C)cc3cc[n+](C)c4c5c(C)c(C)cc(C)c5n2c1c34. The van der Waals surface area contributed by atoms with Crippen LogP contribution < -0.4 is 4.57 Å². The van der Waals surface area contributed by atoms with Gasteiger partial charge in [-0.15, -0.1) is 0 Å². The van der Waals surface area contributed by atoms with Gasteiger partial charge in [-0.3, -0.25) is 0 Å². The van der Waals surface area contributed by atoms with Gasteiger partial charge in [0.05, 0.1) is 27.3 Å². The quantitative estimate of drug-likeness (QED) is 0.156. The summed E-state index contributed by atoms with van der Waals surface area (Å²) in [4.78, 5) is 0. The van der Waals surface area contributed by atoms with Crippen molar-refractivity contribution in [3.63, 3.8) is 0 Å². The van der Waals surface area contributed by atoms with Crippen LogP contribution in [0.1, 0.15) is 47.6 Å². The lowest BCUT2D eigenvalue weighted by atomic mass is 9.91. The second-order valence-electron chi connectivity index (χ2n) is 9.80. The Morgan fingerprint density at radius 3 is 2.32 bits per heavy atom. The molecule has 0 bridgehead atoms. The van der Waals surface area contributed by atoms with Gasteiger partial charge in [0.25, 0.3) is 0 Å². The van der Waals surface area contributed by atoms with Crippen LogP contribution in [0, 0.1) is 27.7 Å². The summed E-state index contributed by atoms with van der Waals surface area (Å²) in [5, 5.41) is 6.92. The van der Waals surface area contributed by atoms with E-state index in [0.717, 1.165) is 0 Å². The molecule has 2 heteroatoms. The molecular formula is C29H29N2+. The van der Waals surface area contributed by atoms with Gasteiger partial charge < -0.3 is 4.40 Å². The molecule has 0 N–H and O–H groups in total. The fourth-order valence-corrected chi connectivity index (χ4v) is 5.85. The van der Waals surface area contributed by atoms with Gasteiger partial charge in [0.1, 0.15) is 7.05 Å². The molecule has 0 fully saturated rings. The highest BCUT2D eigenvalue weighted by Gasteiger charge is 2.27. The summed E-state index contributed by atoms with van der Waals surface area (Å²) in [6, 6.07) is 14.1. The van der Waals surface area contributed by atoms with Crippen molar-refractivity contribution in [2.75, 3.05) is 0 Å². The lowest BCUT2D eigenvalue weighted by molar-refractivity contribution is -0.643. The number of benzene rings is 3. The standard InChI is InChI=1S/C29H29N2/c1-15(2)21-14-20-10-11-30(7)28-24-19(6)17(4)13-18(5)27(24)31-23-9-8-16(3)12-22(23)26(21)29(31)25(20)28/h8-15H,1-7H3/q+1. The number of hydrogen-bond donors (Lipinski definition) is 0. The third kappa shape index (κ3) is 2.20. The average molecular weight is 406 g/mol. The summed E-state index contributed by atoms with van der Waals surface area (Å²) in [6.45, 7) is 13.6. The molecule has 3 heterocycles. The van der Waals surface area contributed by atoms with E-state index in [1.165, 1.54) is 76.8 Å². The van der Waals surface area contributed by atoms with Crippen molar-refractivity contribution in [3.8, 4) is 0 Å². The van der Waals surface area contributed by atoms with E-state index in [-0.39, 0.29) is 0 Å². The summed E-state index contributed by atoms with van der Waals surface area (Å²) < 4.78 is 4.90. The Hall–Kier alpha value is -3.13. The molecule has 0 saturated carbocycles. The Balaban J connectivity index is 2.15. The zero-order chi connectivity index (χ0) is 21.8. The van der Waals surface area contributed by atoms with E-state index in [1.807, 2.05) is 0 Å². The Bertz CT molecular complexity index is 1700. The number of rotatable bonds is 1. The van der Waals surface area contributed by atoms with Crippen molar-refractivity contribution >= 4 is 49.0 Å². The topological polar surface area (TPSA) is 8.29 Å².